The molecule has 13 atom stereocenters. The summed E-state index contributed by atoms with van der Waals surface area (Å²) in [6.45, 7) is 23.9. The lowest BCUT2D eigenvalue weighted by molar-refractivity contribution is -0.251. The van der Waals surface area contributed by atoms with Gasteiger partial charge in [0.25, 0.3) is 0 Å². The van der Waals surface area contributed by atoms with E-state index >= 15 is 4.79 Å². The van der Waals surface area contributed by atoms with Gasteiger partial charge in [0.05, 0.1) is 35.2 Å². The molecule has 2 aromatic rings. The number of carboxylic acid groups (broad SMARTS) is 1. The van der Waals surface area contributed by atoms with E-state index in [0.29, 0.717) is 36.0 Å². The number of imidazole rings is 1. The molecule has 2 heterocycles. The van der Waals surface area contributed by atoms with E-state index in [-0.39, 0.29) is 57.4 Å². The quantitative estimate of drug-likeness (QED) is 0.187. The van der Waals surface area contributed by atoms with Crippen LogP contribution in [-0.2, 0) is 19.1 Å². The molecule has 9 rings (SSSR count). The lowest BCUT2D eigenvalue weighted by Gasteiger charge is -2.73. The molecule has 3 unspecified atom stereocenters. The lowest BCUT2D eigenvalue weighted by Crippen LogP contribution is -2.67. The van der Waals surface area contributed by atoms with Gasteiger partial charge in [-0.1, -0.05) is 60.6 Å². The van der Waals surface area contributed by atoms with Gasteiger partial charge < -0.3 is 24.8 Å². The molecule has 6 aliphatic carbocycles. The second-order valence-electron chi connectivity index (χ2n) is 23.0. The summed E-state index contributed by atoms with van der Waals surface area (Å²) in [6, 6.07) is 7.10. The summed E-state index contributed by atoms with van der Waals surface area (Å²) >= 11 is 0. The molecule has 9 nitrogen and oxygen atoms in total. The molecular formula is C51H71N3O6. The predicted octanol–water partition coefficient (Wildman–Crippen LogP) is 10.8. The van der Waals surface area contributed by atoms with E-state index in [1.54, 1.807) is 12.1 Å². The van der Waals surface area contributed by atoms with Gasteiger partial charge in [-0.2, -0.15) is 0 Å². The predicted molar refractivity (Wildman–Crippen MR) is 231 cm³/mol. The molecule has 1 aromatic carbocycles. The number of benzene rings is 1. The number of hydrogen-bond acceptors (Lipinski definition) is 6. The number of ether oxygens (including phenoxy) is 1. The number of nitrogens with zero attached hydrogens (tertiary/aromatic N) is 2. The minimum Gasteiger partial charge on any atom is -0.508 e. The molecule has 1 aromatic heterocycles. The second kappa shape index (κ2) is 13.9. The van der Waals surface area contributed by atoms with Crippen molar-refractivity contribution in [2.75, 3.05) is 6.54 Å². The Balaban J connectivity index is 0.965. The maximum atomic E-state index is 15.5. The van der Waals surface area contributed by atoms with Gasteiger partial charge in [-0.25, -0.2) is 4.98 Å². The summed E-state index contributed by atoms with van der Waals surface area (Å²) in [7, 11) is 0. The number of esters is 1. The number of phenolic OH excluding ortho intramolecular Hbond substituents is 1. The fourth-order valence-corrected chi connectivity index (χ4v) is 16.5. The maximum Gasteiger partial charge on any atom is 0.309 e. The number of rotatable bonds is 7. The van der Waals surface area contributed by atoms with Gasteiger partial charge in [-0.3, -0.25) is 14.4 Å². The van der Waals surface area contributed by atoms with E-state index < -0.39 is 22.7 Å². The van der Waals surface area contributed by atoms with Crippen LogP contribution in [0.3, 0.4) is 0 Å². The third-order valence-corrected chi connectivity index (χ3v) is 20.1. The average Bonchev–Trinajstić information content (AvgIpc) is 3.95. The smallest absolute Gasteiger partial charge is 0.309 e. The zero-order valence-corrected chi connectivity index (χ0v) is 37.6. The topological polar surface area (TPSA) is 133 Å². The summed E-state index contributed by atoms with van der Waals surface area (Å²) in [4.78, 5) is 51.7. The summed E-state index contributed by atoms with van der Waals surface area (Å²) in [5.74, 6) is 1.55. The van der Waals surface area contributed by atoms with E-state index in [9.17, 15) is 19.8 Å². The molecular weight excluding hydrogens is 751 g/mol. The number of aromatic amines is 1. The van der Waals surface area contributed by atoms with Crippen LogP contribution in [0, 0.1) is 73.9 Å². The molecule has 3 N–H and O–H groups in total. The van der Waals surface area contributed by atoms with Gasteiger partial charge >= 0.3 is 11.9 Å². The van der Waals surface area contributed by atoms with Crippen molar-refractivity contribution < 1.29 is 29.3 Å². The molecule has 0 radical (unpaired) electrons. The number of aliphatic carboxylic acids is 1. The van der Waals surface area contributed by atoms with Gasteiger partial charge in [-0.15, -0.1) is 0 Å². The fourth-order valence-electron chi connectivity index (χ4n) is 16.5. The number of phenols is 1. The number of aromatic nitrogens is 2. The molecule has 1 aliphatic heterocycles. The Morgan fingerprint density at radius 2 is 1.57 bits per heavy atom. The normalized spacial score (nSPS) is 42.5. The third-order valence-electron chi connectivity index (χ3n) is 20.1. The standard InChI is InChI=1S/C51H71N3O6/c1-29(2)32-18-23-51(45(59)54-26-10-11-37(54)42-52-28-36(53-42)30-12-14-31(55)15-13-30)25-24-49(8)33(41(32)51)16-17-39-48(7)21-20-40(47(5,6)38(48)19-22-50(39,49)9)60-44(58)35-27-34(43(56)57)46(35,3)4/h12-15,28,32-35,37-41,55H,1,10-11,16-27H2,2-9H3,(H,52,53)(H,56,57)/t32-,33+,34?,35?,37?,38-,39+,40-,41+,48-,49+,50+,51-/m0/s1. The largest absolute Gasteiger partial charge is 0.508 e. The highest BCUT2D eigenvalue weighted by Crippen LogP contribution is 2.78. The van der Waals surface area contributed by atoms with Crippen LogP contribution in [0.5, 0.6) is 5.75 Å². The van der Waals surface area contributed by atoms with Crippen LogP contribution in [0.1, 0.15) is 151 Å². The van der Waals surface area contributed by atoms with Crippen LogP contribution in [0.2, 0.25) is 0 Å². The Morgan fingerprint density at radius 1 is 0.833 bits per heavy atom. The highest BCUT2D eigenvalue weighted by atomic mass is 16.5. The summed E-state index contributed by atoms with van der Waals surface area (Å²) < 4.78 is 6.46. The Labute approximate surface area is 357 Å². The monoisotopic (exact) mass is 822 g/mol. The first-order valence-corrected chi connectivity index (χ1v) is 23.4. The van der Waals surface area contributed by atoms with Crippen LogP contribution >= 0.6 is 0 Å². The van der Waals surface area contributed by atoms with Crippen molar-refractivity contribution >= 4 is 17.8 Å². The molecule has 7 fully saturated rings. The van der Waals surface area contributed by atoms with Crippen LogP contribution in [0.15, 0.2) is 42.6 Å². The van der Waals surface area contributed by atoms with Crippen molar-refractivity contribution in [3.05, 3.63) is 48.4 Å². The number of carboxylic acids is 1. The number of amides is 1. The van der Waals surface area contributed by atoms with Crippen molar-refractivity contribution in [3.63, 3.8) is 0 Å². The summed E-state index contributed by atoms with van der Waals surface area (Å²) in [5, 5.41) is 19.6. The highest BCUT2D eigenvalue weighted by molar-refractivity contribution is 5.85. The van der Waals surface area contributed by atoms with Crippen LogP contribution in [0.25, 0.3) is 11.3 Å². The van der Waals surface area contributed by atoms with Crippen LogP contribution < -0.4 is 0 Å². The number of carbonyl (C=O) groups excluding carboxylic acids is 2. The van der Waals surface area contributed by atoms with E-state index in [2.05, 4.69) is 58.0 Å². The van der Waals surface area contributed by atoms with E-state index in [1.165, 1.54) is 12.0 Å². The SMILES string of the molecule is C=C(C)[C@@H]1CC[C@]2(C(=O)N3CCCC3c3ncc(-c4ccc(O)cc4)[nH]3)CC[C@]3(C)[C@H](CC[C@@H]4[C@@]5(C)CC[C@H](OC(=O)C6CC(C(=O)O)C6(C)C)C(C)(C)[C@@H]5CC[C@]43C)[C@@H]12. The summed E-state index contributed by atoms with van der Waals surface area (Å²) in [5.41, 5.74) is 2.23. The maximum absolute atomic E-state index is 15.5. The van der Waals surface area contributed by atoms with Gasteiger partial charge in [0.1, 0.15) is 17.7 Å². The Morgan fingerprint density at radius 3 is 2.25 bits per heavy atom. The molecule has 326 valence electrons. The second-order valence-corrected chi connectivity index (χ2v) is 23.0. The van der Waals surface area contributed by atoms with Crippen molar-refractivity contribution in [3.8, 4) is 17.0 Å². The van der Waals surface area contributed by atoms with Gasteiger partial charge in [0.15, 0.2) is 0 Å². The molecule has 0 spiro atoms. The summed E-state index contributed by atoms with van der Waals surface area (Å²) in [6.07, 6.45) is 14.3. The van der Waals surface area contributed by atoms with Crippen molar-refractivity contribution in [2.24, 2.45) is 73.9 Å². The van der Waals surface area contributed by atoms with Gasteiger partial charge in [-0.05, 0) is 171 Å². The number of allylic oxidation sites excluding steroid dienone is 1. The molecule has 7 aliphatic rings. The van der Waals surface area contributed by atoms with Crippen LogP contribution in [-0.4, -0.2) is 55.6 Å². The first-order valence-electron chi connectivity index (χ1n) is 23.4. The van der Waals surface area contributed by atoms with Crippen molar-refractivity contribution in [1.82, 2.24) is 14.9 Å². The molecule has 0 bridgehead atoms. The Hall–Kier alpha value is -3.62. The van der Waals surface area contributed by atoms with Crippen LogP contribution in [0.4, 0.5) is 0 Å². The first-order chi connectivity index (χ1) is 28.2. The number of H-pyrrole nitrogens is 1. The van der Waals surface area contributed by atoms with Gasteiger partial charge in [0, 0.05) is 12.0 Å². The first kappa shape index (κ1) is 41.7. The number of carbonyl (C=O) groups is 3. The van der Waals surface area contributed by atoms with E-state index in [4.69, 9.17) is 9.72 Å². The van der Waals surface area contributed by atoms with Gasteiger partial charge in [0.2, 0.25) is 5.91 Å². The number of hydrogen-bond donors (Lipinski definition) is 3. The zero-order chi connectivity index (χ0) is 42.9. The number of aromatic hydroxyl groups is 1. The van der Waals surface area contributed by atoms with Crippen molar-refractivity contribution in [2.45, 2.75) is 151 Å². The number of fused-ring (bicyclic) bond motifs is 7. The molecule has 9 heteroatoms. The molecule has 6 saturated carbocycles. The lowest BCUT2D eigenvalue weighted by atomic mass is 9.32. The molecule has 1 saturated heterocycles. The molecule has 1 amide bonds. The number of nitrogens with one attached hydrogen (secondary N) is 1. The average molecular weight is 822 g/mol. The minimum absolute atomic E-state index is 0.0707. The third kappa shape index (κ3) is 5.73. The van der Waals surface area contributed by atoms with E-state index in [1.807, 2.05) is 32.2 Å². The minimum atomic E-state index is -0.822. The Kier molecular flexibility index (Phi) is 9.69. The molecule has 60 heavy (non-hydrogen) atoms. The zero-order valence-electron chi connectivity index (χ0n) is 37.6. The number of likely N-dealkylation sites (tertiary alicyclic amines) is 1. The van der Waals surface area contributed by atoms with E-state index in [0.717, 1.165) is 94.3 Å². The Bertz CT molecular complexity index is 2070. The highest BCUT2D eigenvalue weighted by Gasteiger charge is 2.72. The van der Waals surface area contributed by atoms with Crippen molar-refractivity contribution in [1.29, 1.82) is 0 Å². The fraction of sp³-hybridized carbons (Fsp3) is 0.725.